The van der Waals surface area contributed by atoms with Crippen molar-refractivity contribution in [2.24, 2.45) is 7.05 Å². The predicted octanol–water partition coefficient (Wildman–Crippen LogP) is 2.84. The van der Waals surface area contributed by atoms with Crippen LogP contribution in [0.4, 0.5) is 5.13 Å². The normalized spacial score (nSPS) is 10.6. The molecule has 0 aliphatic rings. The van der Waals surface area contributed by atoms with E-state index in [1.165, 1.54) is 17.5 Å². The highest BCUT2D eigenvalue weighted by atomic mass is 35.5. The first kappa shape index (κ1) is 13.7. The van der Waals surface area contributed by atoms with Crippen LogP contribution in [0.1, 0.15) is 10.4 Å². The Labute approximate surface area is 129 Å². The standard InChI is InChI=1S/C13H10ClN5OS/c1-19-7-9(6-15-19)11(20)16-13-18-17-12(21-13)8-3-2-4-10(14)5-8/h2-7H,1H3,(H,16,18,20). The number of carbonyl (C=O) groups is 1. The third-order valence-corrected chi connectivity index (χ3v) is 3.81. The van der Waals surface area contributed by atoms with Gasteiger partial charge >= 0.3 is 0 Å². The molecule has 0 aliphatic carbocycles. The molecule has 0 aliphatic heterocycles. The molecule has 6 nitrogen and oxygen atoms in total. The number of hydrogen-bond donors (Lipinski definition) is 1. The number of aryl methyl sites for hydroxylation is 1. The van der Waals surface area contributed by atoms with Crippen molar-refractivity contribution in [2.45, 2.75) is 0 Å². The van der Waals surface area contributed by atoms with E-state index in [1.54, 1.807) is 30.1 Å². The van der Waals surface area contributed by atoms with E-state index in [0.29, 0.717) is 20.7 Å². The summed E-state index contributed by atoms with van der Waals surface area (Å²) in [6.45, 7) is 0. The van der Waals surface area contributed by atoms with Gasteiger partial charge in [-0.2, -0.15) is 5.10 Å². The van der Waals surface area contributed by atoms with Crippen LogP contribution < -0.4 is 5.32 Å². The zero-order valence-electron chi connectivity index (χ0n) is 10.9. The molecule has 8 heteroatoms. The minimum absolute atomic E-state index is 0.267. The van der Waals surface area contributed by atoms with Crippen molar-refractivity contribution in [1.29, 1.82) is 0 Å². The average Bonchev–Trinajstić information content (AvgIpc) is 3.08. The number of nitrogens with zero attached hydrogens (tertiary/aromatic N) is 4. The van der Waals surface area contributed by atoms with Crippen LogP contribution in [0.5, 0.6) is 0 Å². The van der Waals surface area contributed by atoms with E-state index in [-0.39, 0.29) is 5.91 Å². The number of carbonyl (C=O) groups excluding carboxylic acids is 1. The largest absolute Gasteiger partial charge is 0.296 e. The summed E-state index contributed by atoms with van der Waals surface area (Å²) in [4.78, 5) is 12.0. The molecule has 0 spiro atoms. The third kappa shape index (κ3) is 3.09. The number of nitrogens with one attached hydrogen (secondary N) is 1. The molecule has 3 rings (SSSR count). The van der Waals surface area contributed by atoms with Gasteiger partial charge in [-0.1, -0.05) is 35.1 Å². The molecule has 0 bridgehead atoms. The molecular formula is C13H10ClN5OS. The maximum atomic E-state index is 12.0. The lowest BCUT2D eigenvalue weighted by Gasteiger charge is -1.97. The lowest BCUT2D eigenvalue weighted by atomic mass is 10.2. The van der Waals surface area contributed by atoms with E-state index < -0.39 is 0 Å². The van der Waals surface area contributed by atoms with E-state index in [0.717, 1.165) is 5.56 Å². The highest BCUT2D eigenvalue weighted by Gasteiger charge is 2.12. The van der Waals surface area contributed by atoms with Gasteiger partial charge in [-0.25, -0.2) is 0 Å². The number of rotatable bonds is 3. The number of aromatic nitrogens is 4. The minimum Gasteiger partial charge on any atom is -0.296 e. The first-order valence-corrected chi connectivity index (χ1v) is 7.21. The second-order valence-corrected chi connectivity index (χ2v) is 5.69. The van der Waals surface area contributed by atoms with Crippen LogP contribution in [0, 0.1) is 0 Å². The highest BCUT2D eigenvalue weighted by Crippen LogP contribution is 2.28. The van der Waals surface area contributed by atoms with Gasteiger partial charge in [0.2, 0.25) is 5.13 Å². The minimum atomic E-state index is -0.267. The van der Waals surface area contributed by atoms with Crippen LogP contribution in [-0.4, -0.2) is 25.9 Å². The number of hydrogen-bond acceptors (Lipinski definition) is 5. The fourth-order valence-electron chi connectivity index (χ4n) is 1.72. The Bertz CT molecular complexity index is 797. The molecule has 0 unspecified atom stereocenters. The second kappa shape index (κ2) is 5.63. The van der Waals surface area contributed by atoms with Gasteiger partial charge in [-0.3, -0.25) is 14.8 Å². The molecule has 1 aromatic carbocycles. The predicted molar refractivity (Wildman–Crippen MR) is 81.5 cm³/mol. The lowest BCUT2D eigenvalue weighted by Crippen LogP contribution is -2.10. The molecule has 1 N–H and O–H groups in total. The van der Waals surface area contributed by atoms with Crippen LogP contribution in [0.25, 0.3) is 10.6 Å². The van der Waals surface area contributed by atoms with E-state index >= 15 is 0 Å². The molecule has 0 fully saturated rings. The topological polar surface area (TPSA) is 72.7 Å². The smallest absolute Gasteiger partial charge is 0.260 e. The molecule has 1 amide bonds. The summed E-state index contributed by atoms with van der Waals surface area (Å²) in [6.07, 6.45) is 3.13. The second-order valence-electron chi connectivity index (χ2n) is 4.28. The van der Waals surface area contributed by atoms with E-state index in [4.69, 9.17) is 11.6 Å². The fourth-order valence-corrected chi connectivity index (χ4v) is 2.64. The quantitative estimate of drug-likeness (QED) is 0.805. The van der Waals surface area contributed by atoms with E-state index in [2.05, 4.69) is 20.6 Å². The van der Waals surface area contributed by atoms with Crippen molar-refractivity contribution in [3.63, 3.8) is 0 Å². The number of anilines is 1. The van der Waals surface area contributed by atoms with Gasteiger partial charge in [-0.05, 0) is 12.1 Å². The summed E-state index contributed by atoms with van der Waals surface area (Å²) in [7, 11) is 1.75. The molecule has 0 saturated heterocycles. The summed E-state index contributed by atoms with van der Waals surface area (Å²) in [5, 5.41) is 16.4. The van der Waals surface area contributed by atoms with Gasteiger partial charge < -0.3 is 0 Å². The Morgan fingerprint density at radius 1 is 1.38 bits per heavy atom. The van der Waals surface area contributed by atoms with Crippen molar-refractivity contribution in [1.82, 2.24) is 20.0 Å². The summed E-state index contributed by atoms with van der Waals surface area (Å²) < 4.78 is 1.56. The Balaban J connectivity index is 1.78. The van der Waals surface area contributed by atoms with E-state index in [1.807, 2.05) is 12.1 Å². The molecule has 2 heterocycles. The lowest BCUT2D eigenvalue weighted by molar-refractivity contribution is 0.102. The van der Waals surface area contributed by atoms with Crippen molar-refractivity contribution in [3.05, 3.63) is 47.2 Å². The Morgan fingerprint density at radius 3 is 2.95 bits per heavy atom. The maximum Gasteiger partial charge on any atom is 0.260 e. The summed E-state index contributed by atoms with van der Waals surface area (Å²) in [6, 6.07) is 7.32. The van der Waals surface area contributed by atoms with Crippen LogP contribution >= 0.6 is 22.9 Å². The monoisotopic (exact) mass is 319 g/mol. The number of amides is 1. The average molecular weight is 320 g/mol. The molecule has 0 saturated carbocycles. The van der Waals surface area contributed by atoms with Gasteiger partial charge in [0.25, 0.3) is 5.91 Å². The Kier molecular flexibility index (Phi) is 3.68. The third-order valence-electron chi connectivity index (χ3n) is 2.68. The van der Waals surface area contributed by atoms with Gasteiger partial charge in [0.15, 0.2) is 0 Å². The SMILES string of the molecule is Cn1cc(C(=O)Nc2nnc(-c3cccc(Cl)c3)s2)cn1. The number of halogens is 1. The number of benzene rings is 1. The first-order chi connectivity index (χ1) is 10.1. The van der Waals surface area contributed by atoms with Crippen LogP contribution in [0.15, 0.2) is 36.7 Å². The van der Waals surface area contributed by atoms with Gasteiger partial charge in [-0.15, -0.1) is 10.2 Å². The molecule has 0 radical (unpaired) electrons. The zero-order chi connectivity index (χ0) is 14.8. The van der Waals surface area contributed by atoms with Crippen molar-refractivity contribution < 1.29 is 4.79 Å². The molecule has 0 atom stereocenters. The maximum absolute atomic E-state index is 12.0. The fraction of sp³-hybridized carbons (Fsp3) is 0.0769. The van der Waals surface area contributed by atoms with Gasteiger partial charge in [0.05, 0.1) is 11.8 Å². The first-order valence-electron chi connectivity index (χ1n) is 6.01. The molecule has 21 heavy (non-hydrogen) atoms. The van der Waals surface area contributed by atoms with Crippen molar-refractivity contribution in [3.8, 4) is 10.6 Å². The van der Waals surface area contributed by atoms with Crippen LogP contribution in [0.2, 0.25) is 5.02 Å². The summed E-state index contributed by atoms with van der Waals surface area (Å²) >= 11 is 7.23. The molecule has 3 aromatic rings. The van der Waals surface area contributed by atoms with Gasteiger partial charge in [0, 0.05) is 23.8 Å². The van der Waals surface area contributed by atoms with Crippen molar-refractivity contribution >= 4 is 34.0 Å². The van der Waals surface area contributed by atoms with Gasteiger partial charge in [0.1, 0.15) is 5.01 Å². The van der Waals surface area contributed by atoms with E-state index in [9.17, 15) is 4.79 Å². The van der Waals surface area contributed by atoms with Crippen LogP contribution in [0.3, 0.4) is 0 Å². The molecule has 2 aromatic heterocycles. The van der Waals surface area contributed by atoms with Crippen LogP contribution in [-0.2, 0) is 7.05 Å². The molecule has 106 valence electrons. The zero-order valence-corrected chi connectivity index (χ0v) is 12.5. The molecular weight excluding hydrogens is 310 g/mol. The Morgan fingerprint density at radius 2 is 2.24 bits per heavy atom. The van der Waals surface area contributed by atoms with Crippen molar-refractivity contribution in [2.75, 3.05) is 5.32 Å². The summed E-state index contributed by atoms with van der Waals surface area (Å²) in [5.41, 5.74) is 1.33. The highest BCUT2D eigenvalue weighted by molar-refractivity contribution is 7.18. The summed E-state index contributed by atoms with van der Waals surface area (Å²) in [5.74, 6) is -0.267. The Hall–Kier alpha value is -2.25.